The smallest absolute Gasteiger partial charge is 0.244 e. The maximum atomic E-state index is 14.1. The lowest BCUT2D eigenvalue weighted by atomic mass is 10.0. The highest BCUT2D eigenvalue weighted by molar-refractivity contribution is 7.92. The second-order valence-corrected chi connectivity index (χ2v) is 11.6. The number of hydrogen-bond acceptors (Lipinski definition) is 4. The Labute approximate surface area is 232 Å². The molecule has 0 heterocycles. The van der Waals surface area contributed by atoms with Gasteiger partial charge in [0.25, 0.3) is 0 Å². The van der Waals surface area contributed by atoms with Gasteiger partial charge >= 0.3 is 0 Å². The van der Waals surface area contributed by atoms with Crippen LogP contribution >= 0.6 is 0 Å². The number of aryl methyl sites for hydroxylation is 2. The number of amides is 2. The van der Waals surface area contributed by atoms with Gasteiger partial charge < -0.3 is 10.2 Å². The zero-order valence-corrected chi connectivity index (χ0v) is 24.1. The summed E-state index contributed by atoms with van der Waals surface area (Å²) in [4.78, 5) is 29.2. The number of benzene rings is 3. The minimum absolute atomic E-state index is 0.176. The van der Waals surface area contributed by atoms with Crippen LogP contribution in [0.4, 0.5) is 5.69 Å². The summed E-state index contributed by atoms with van der Waals surface area (Å²) < 4.78 is 27.1. The van der Waals surface area contributed by atoms with Gasteiger partial charge in [-0.15, -0.1) is 0 Å². The van der Waals surface area contributed by atoms with E-state index in [9.17, 15) is 18.0 Å². The molecule has 0 fully saturated rings. The quantitative estimate of drug-likeness (QED) is 0.340. The van der Waals surface area contributed by atoms with Gasteiger partial charge in [-0.2, -0.15) is 0 Å². The Hall–Kier alpha value is -3.65. The lowest BCUT2D eigenvalue weighted by Gasteiger charge is -2.34. The van der Waals surface area contributed by atoms with Crippen molar-refractivity contribution in [3.63, 3.8) is 0 Å². The SMILES string of the molecule is CCCNC(=O)C(Cc1ccccc1)N(Cc1ccccc1C)C(=O)CN(c1ccccc1CC)S(C)(=O)=O. The molecule has 7 nitrogen and oxygen atoms in total. The van der Waals surface area contributed by atoms with Crippen molar-refractivity contribution in [2.75, 3.05) is 23.7 Å². The molecular weight excluding hydrogens is 510 g/mol. The lowest BCUT2D eigenvalue weighted by molar-refractivity contribution is -0.140. The predicted octanol–water partition coefficient (Wildman–Crippen LogP) is 4.49. The van der Waals surface area contributed by atoms with Crippen molar-refractivity contribution < 1.29 is 18.0 Å². The molecule has 0 radical (unpaired) electrons. The zero-order valence-electron chi connectivity index (χ0n) is 23.3. The summed E-state index contributed by atoms with van der Waals surface area (Å²) in [5.74, 6) is -0.704. The van der Waals surface area contributed by atoms with E-state index in [0.29, 0.717) is 25.1 Å². The van der Waals surface area contributed by atoms with Crippen molar-refractivity contribution >= 4 is 27.5 Å². The van der Waals surface area contributed by atoms with Gasteiger partial charge in [-0.3, -0.25) is 13.9 Å². The van der Waals surface area contributed by atoms with Gasteiger partial charge in [-0.1, -0.05) is 86.6 Å². The van der Waals surface area contributed by atoms with Crippen LogP contribution in [0.5, 0.6) is 0 Å². The normalized spacial score (nSPS) is 12.0. The Morgan fingerprint density at radius 2 is 1.49 bits per heavy atom. The molecule has 0 saturated carbocycles. The van der Waals surface area contributed by atoms with Gasteiger partial charge in [0.1, 0.15) is 12.6 Å². The molecule has 0 aliphatic carbocycles. The Morgan fingerprint density at radius 1 is 0.872 bits per heavy atom. The van der Waals surface area contributed by atoms with E-state index in [4.69, 9.17) is 0 Å². The first-order chi connectivity index (χ1) is 18.7. The fourth-order valence-electron chi connectivity index (χ4n) is 4.54. The van der Waals surface area contributed by atoms with Gasteiger partial charge in [0.05, 0.1) is 11.9 Å². The summed E-state index contributed by atoms with van der Waals surface area (Å²) in [7, 11) is -3.79. The average molecular weight is 550 g/mol. The third kappa shape index (κ3) is 8.17. The molecule has 8 heteroatoms. The number of anilines is 1. The molecule has 3 aromatic carbocycles. The monoisotopic (exact) mass is 549 g/mol. The van der Waals surface area contributed by atoms with E-state index in [1.54, 1.807) is 12.1 Å². The molecule has 0 saturated heterocycles. The second kappa shape index (κ2) is 13.9. The molecule has 0 spiro atoms. The number of rotatable bonds is 13. The number of carbonyl (C=O) groups is 2. The van der Waals surface area contributed by atoms with Gasteiger partial charge in [0.15, 0.2) is 0 Å². The van der Waals surface area contributed by atoms with Crippen LogP contribution in [0.3, 0.4) is 0 Å². The van der Waals surface area contributed by atoms with Crippen LogP contribution in [-0.2, 0) is 39.0 Å². The summed E-state index contributed by atoms with van der Waals surface area (Å²) in [6.07, 6.45) is 2.77. The average Bonchev–Trinajstić information content (AvgIpc) is 2.93. The van der Waals surface area contributed by atoms with E-state index >= 15 is 0 Å². The summed E-state index contributed by atoms with van der Waals surface area (Å²) in [5.41, 5.74) is 4.09. The maximum Gasteiger partial charge on any atom is 0.244 e. The van der Waals surface area contributed by atoms with Gasteiger partial charge in [-0.25, -0.2) is 8.42 Å². The number of nitrogens with one attached hydrogen (secondary N) is 1. The zero-order chi connectivity index (χ0) is 28.4. The minimum Gasteiger partial charge on any atom is -0.354 e. The Morgan fingerprint density at radius 3 is 2.10 bits per heavy atom. The Bertz CT molecular complexity index is 1360. The van der Waals surface area contributed by atoms with E-state index < -0.39 is 28.5 Å². The second-order valence-electron chi connectivity index (χ2n) is 9.70. The molecule has 0 bridgehead atoms. The number of para-hydroxylation sites is 1. The molecule has 1 unspecified atom stereocenters. The van der Waals surface area contributed by atoms with E-state index in [1.807, 2.05) is 87.5 Å². The molecule has 0 aromatic heterocycles. The van der Waals surface area contributed by atoms with Crippen LogP contribution in [0.25, 0.3) is 0 Å². The summed E-state index contributed by atoms with van der Waals surface area (Å²) in [5, 5.41) is 2.96. The highest BCUT2D eigenvalue weighted by Gasteiger charge is 2.33. The Kier molecular flexibility index (Phi) is 10.7. The Balaban J connectivity index is 2.07. The van der Waals surface area contributed by atoms with E-state index in [1.165, 1.54) is 4.90 Å². The van der Waals surface area contributed by atoms with Gasteiger partial charge in [0, 0.05) is 19.5 Å². The topological polar surface area (TPSA) is 86.8 Å². The predicted molar refractivity (Wildman–Crippen MR) is 157 cm³/mol. The van der Waals surface area contributed by atoms with Crippen LogP contribution in [0.1, 0.15) is 42.5 Å². The van der Waals surface area contributed by atoms with E-state index in [2.05, 4.69) is 5.32 Å². The van der Waals surface area contributed by atoms with Crippen molar-refractivity contribution in [2.24, 2.45) is 0 Å². The third-order valence-electron chi connectivity index (χ3n) is 6.74. The number of nitrogens with zero attached hydrogens (tertiary/aromatic N) is 2. The van der Waals surface area contributed by atoms with Crippen LogP contribution in [0, 0.1) is 6.92 Å². The molecular formula is C31H39N3O4S. The first-order valence-electron chi connectivity index (χ1n) is 13.4. The summed E-state index contributed by atoms with van der Waals surface area (Å²) >= 11 is 0. The molecule has 3 rings (SSSR count). The molecule has 208 valence electrons. The summed E-state index contributed by atoms with van der Waals surface area (Å²) in [6.45, 7) is 6.12. The molecule has 1 N–H and O–H groups in total. The first kappa shape index (κ1) is 29.9. The maximum absolute atomic E-state index is 14.1. The molecule has 3 aromatic rings. The highest BCUT2D eigenvalue weighted by atomic mass is 32.2. The highest BCUT2D eigenvalue weighted by Crippen LogP contribution is 2.25. The molecule has 39 heavy (non-hydrogen) atoms. The van der Waals surface area contributed by atoms with Crippen LogP contribution in [0.2, 0.25) is 0 Å². The van der Waals surface area contributed by atoms with Crippen molar-refractivity contribution in [3.8, 4) is 0 Å². The number of carbonyl (C=O) groups excluding carboxylic acids is 2. The number of hydrogen-bond donors (Lipinski definition) is 1. The molecule has 0 aliphatic rings. The fourth-order valence-corrected chi connectivity index (χ4v) is 5.42. The molecule has 0 aliphatic heterocycles. The minimum atomic E-state index is -3.79. The van der Waals surface area contributed by atoms with Crippen LogP contribution in [0.15, 0.2) is 78.9 Å². The van der Waals surface area contributed by atoms with Crippen molar-refractivity contribution in [2.45, 2.75) is 52.6 Å². The standard InChI is InChI=1S/C31H39N3O4S/c1-5-20-32-31(36)29(21-25-15-8-7-9-16-25)33(22-27-18-11-10-14-24(27)3)30(35)23-34(39(4,37)38)28-19-13-12-17-26(28)6-2/h7-19,29H,5-6,20-23H2,1-4H3,(H,32,36). The van der Waals surface area contributed by atoms with Gasteiger partial charge in [0.2, 0.25) is 21.8 Å². The van der Waals surface area contributed by atoms with Crippen LogP contribution in [-0.4, -0.2) is 50.5 Å². The van der Waals surface area contributed by atoms with E-state index in [0.717, 1.165) is 39.2 Å². The molecule has 1 atom stereocenters. The number of sulfonamides is 1. The van der Waals surface area contributed by atoms with E-state index in [-0.39, 0.29) is 12.5 Å². The summed E-state index contributed by atoms with van der Waals surface area (Å²) in [6, 6.07) is 23.6. The fraction of sp³-hybridized carbons (Fsp3) is 0.355. The van der Waals surface area contributed by atoms with Gasteiger partial charge in [-0.05, 0) is 48.1 Å². The van der Waals surface area contributed by atoms with Crippen LogP contribution < -0.4 is 9.62 Å². The third-order valence-corrected chi connectivity index (χ3v) is 7.87. The first-order valence-corrected chi connectivity index (χ1v) is 15.2. The van der Waals surface area contributed by atoms with Crippen molar-refractivity contribution in [3.05, 3.63) is 101 Å². The molecule has 2 amide bonds. The van der Waals surface area contributed by atoms with Crippen molar-refractivity contribution in [1.82, 2.24) is 10.2 Å². The largest absolute Gasteiger partial charge is 0.354 e. The lowest BCUT2D eigenvalue weighted by Crippen LogP contribution is -2.53. The van der Waals surface area contributed by atoms with Crippen molar-refractivity contribution in [1.29, 1.82) is 0 Å².